The van der Waals surface area contributed by atoms with Gasteiger partial charge in [-0.2, -0.15) is 0 Å². The maximum Gasteiger partial charge on any atom is 0.133 e. The predicted octanol–water partition coefficient (Wildman–Crippen LogP) is 4.07. The molecule has 1 N–H and O–H groups in total. The van der Waals surface area contributed by atoms with Gasteiger partial charge in [-0.15, -0.1) is 0 Å². The van der Waals surface area contributed by atoms with Gasteiger partial charge in [0, 0.05) is 17.2 Å². The Hall–Kier alpha value is -0.700. The fourth-order valence-corrected chi connectivity index (χ4v) is 3.53. The second-order valence-electron chi connectivity index (χ2n) is 5.43. The molecule has 3 rings (SSSR count). The highest BCUT2D eigenvalue weighted by atomic mass is 32.1. The monoisotopic (exact) mass is 248 g/mol. The van der Waals surface area contributed by atoms with Gasteiger partial charge in [-0.25, -0.2) is 4.98 Å². The molecule has 0 aromatic carbocycles. The van der Waals surface area contributed by atoms with E-state index in [1.54, 1.807) is 0 Å². The van der Waals surface area contributed by atoms with Gasteiger partial charge in [-0.3, -0.25) is 0 Å². The third-order valence-corrected chi connectivity index (χ3v) is 4.56. The van der Waals surface area contributed by atoms with Gasteiger partial charge < -0.3 is 4.98 Å². The Morgan fingerprint density at radius 2 is 1.76 bits per heavy atom. The van der Waals surface area contributed by atoms with Crippen LogP contribution in [0.15, 0.2) is 0 Å². The van der Waals surface area contributed by atoms with E-state index in [0.717, 1.165) is 11.1 Å². The van der Waals surface area contributed by atoms with Crippen molar-refractivity contribution in [1.29, 1.82) is 0 Å². The van der Waals surface area contributed by atoms with Crippen LogP contribution < -0.4 is 0 Å². The molecule has 0 atom stereocenters. The maximum atomic E-state index is 5.49. The molecule has 2 aliphatic carbocycles. The molecule has 0 spiro atoms. The number of aromatic nitrogens is 2. The fraction of sp³-hybridized carbons (Fsp3) is 0.714. The summed E-state index contributed by atoms with van der Waals surface area (Å²) in [6.45, 7) is 0. The summed E-state index contributed by atoms with van der Waals surface area (Å²) >= 11 is 5.49. The summed E-state index contributed by atoms with van der Waals surface area (Å²) in [4.78, 5) is 8.28. The first-order valence-electron chi connectivity index (χ1n) is 6.96. The molecule has 3 heteroatoms. The van der Waals surface area contributed by atoms with Crippen molar-refractivity contribution in [2.45, 2.75) is 63.7 Å². The third kappa shape index (κ3) is 2.30. The van der Waals surface area contributed by atoms with E-state index in [9.17, 15) is 0 Å². The van der Waals surface area contributed by atoms with Crippen molar-refractivity contribution in [3.05, 3.63) is 21.7 Å². The maximum absolute atomic E-state index is 5.49. The van der Waals surface area contributed by atoms with Crippen LogP contribution in [0.25, 0.3) is 0 Å². The predicted molar refractivity (Wildman–Crippen MR) is 71.9 cm³/mol. The topological polar surface area (TPSA) is 28.7 Å². The first-order chi connectivity index (χ1) is 8.34. The molecule has 17 heavy (non-hydrogen) atoms. The highest BCUT2D eigenvalue weighted by molar-refractivity contribution is 7.71. The molecule has 0 bridgehead atoms. The van der Waals surface area contributed by atoms with Gasteiger partial charge in [0.25, 0.3) is 0 Å². The molecular weight excluding hydrogens is 228 g/mol. The first kappa shape index (κ1) is 11.4. The number of H-pyrrole nitrogens is 1. The molecule has 92 valence electrons. The van der Waals surface area contributed by atoms with Crippen LogP contribution in [0.5, 0.6) is 0 Å². The van der Waals surface area contributed by atoms with E-state index in [-0.39, 0.29) is 0 Å². The van der Waals surface area contributed by atoms with Gasteiger partial charge in [-0.1, -0.05) is 31.5 Å². The second-order valence-corrected chi connectivity index (χ2v) is 5.81. The van der Waals surface area contributed by atoms with Crippen LogP contribution >= 0.6 is 12.2 Å². The lowest BCUT2D eigenvalue weighted by Gasteiger charge is -2.13. The molecule has 2 nitrogen and oxygen atoms in total. The molecule has 0 aliphatic heterocycles. The van der Waals surface area contributed by atoms with Crippen LogP contribution in [0.2, 0.25) is 0 Å². The number of fused-ring (bicyclic) bond motifs is 1. The Bertz CT molecular complexity index is 458. The van der Waals surface area contributed by atoms with E-state index in [1.807, 2.05) is 0 Å². The van der Waals surface area contributed by atoms with Gasteiger partial charge in [0.2, 0.25) is 0 Å². The molecule has 1 fully saturated rings. The summed E-state index contributed by atoms with van der Waals surface area (Å²) in [6.07, 6.45) is 11.5. The molecule has 1 heterocycles. The summed E-state index contributed by atoms with van der Waals surface area (Å²) in [5.41, 5.74) is 2.73. The largest absolute Gasteiger partial charge is 0.347 e. The molecule has 1 aromatic heterocycles. The fourth-order valence-electron chi connectivity index (χ4n) is 3.21. The van der Waals surface area contributed by atoms with Gasteiger partial charge >= 0.3 is 0 Å². The number of hydrogen-bond acceptors (Lipinski definition) is 2. The number of rotatable bonds is 1. The van der Waals surface area contributed by atoms with Crippen LogP contribution in [0.4, 0.5) is 0 Å². The SMILES string of the molecule is S=c1nc(C2CCCC2)[nH]c2c1CCCCC2. The summed E-state index contributed by atoms with van der Waals surface area (Å²) in [5, 5.41) is 0. The summed E-state index contributed by atoms with van der Waals surface area (Å²) < 4.78 is 0.877. The Labute approximate surface area is 108 Å². The minimum atomic E-state index is 0.644. The molecular formula is C14H20N2S. The number of nitrogens with one attached hydrogen (secondary N) is 1. The Morgan fingerprint density at radius 1 is 1.00 bits per heavy atom. The standard InChI is InChI=1S/C14H20N2S/c17-14-11-8-2-1-3-9-12(11)15-13(16-14)10-6-4-5-7-10/h10H,1-9H2,(H,15,16,17). The van der Waals surface area contributed by atoms with Crippen molar-refractivity contribution in [2.24, 2.45) is 0 Å². The van der Waals surface area contributed by atoms with Crippen LogP contribution in [-0.2, 0) is 12.8 Å². The van der Waals surface area contributed by atoms with Crippen LogP contribution in [-0.4, -0.2) is 9.97 Å². The zero-order chi connectivity index (χ0) is 11.7. The Balaban J connectivity index is 1.99. The van der Waals surface area contributed by atoms with Crippen molar-refractivity contribution in [2.75, 3.05) is 0 Å². The number of hydrogen-bond donors (Lipinski definition) is 1. The van der Waals surface area contributed by atoms with E-state index in [4.69, 9.17) is 12.2 Å². The van der Waals surface area contributed by atoms with Crippen molar-refractivity contribution in [1.82, 2.24) is 9.97 Å². The normalized spacial score (nSPS) is 21.2. The van der Waals surface area contributed by atoms with Gasteiger partial charge in [0.15, 0.2) is 0 Å². The van der Waals surface area contributed by atoms with E-state index in [1.165, 1.54) is 68.4 Å². The van der Waals surface area contributed by atoms with Crippen molar-refractivity contribution in [3.8, 4) is 0 Å². The lowest BCUT2D eigenvalue weighted by atomic mass is 10.1. The molecule has 1 aromatic rings. The summed E-state index contributed by atoms with van der Waals surface area (Å²) in [7, 11) is 0. The molecule has 0 saturated heterocycles. The van der Waals surface area contributed by atoms with E-state index < -0.39 is 0 Å². The minimum Gasteiger partial charge on any atom is -0.347 e. The van der Waals surface area contributed by atoms with E-state index >= 15 is 0 Å². The van der Waals surface area contributed by atoms with Crippen molar-refractivity contribution in [3.63, 3.8) is 0 Å². The van der Waals surface area contributed by atoms with Gasteiger partial charge in [0.1, 0.15) is 10.5 Å². The number of aryl methyl sites for hydroxylation is 1. The zero-order valence-electron chi connectivity index (χ0n) is 10.3. The highest BCUT2D eigenvalue weighted by Crippen LogP contribution is 2.33. The summed E-state index contributed by atoms with van der Waals surface area (Å²) in [5.74, 6) is 1.82. The molecule has 0 amide bonds. The highest BCUT2D eigenvalue weighted by Gasteiger charge is 2.21. The Morgan fingerprint density at radius 3 is 2.59 bits per heavy atom. The Kier molecular flexibility index (Phi) is 3.28. The summed E-state index contributed by atoms with van der Waals surface area (Å²) in [6, 6.07) is 0. The molecule has 0 radical (unpaired) electrons. The van der Waals surface area contributed by atoms with Crippen LogP contribution in [0.1, 0.15) is 67.9 Å². The molecule has 0 unspecified atom stereocenters. The average Bonchev–Trinajstić information content (AvgIpc) is 2.75. The van der Waals surface area contributed by atoms with Gasteiger partial charge in [0.05, 0.1) is 0 Å². The minimum absolute atomic E-state index is 0.644. The molecule has 1 saturated carbocycles. The lowest BCUT2D eigenvalue weighted by Crippen LogP contribution is -2.07. The van der Waals surface area contributed by atoms with Crippen molar-refractivity contribution >= 4 is 12.2 Å². The van der Waals surface area contributed by atoms with E-state index in [2.05, 4.69) is 9.97 Å². The second kappa shape index (κ2) is 4.89. The zero-order valence-corrected chi connectivity index (χ0v) is 11.1. The van der Waals surface area contributed by atoms with Crippen LogP contribution in [0.3, 0.4) is 0 Å². The number of aromatic amines is 1. The number of nitrogens with zero attached hydrogens (tertiary/aromatic N) is 1. The quantitative estimate of drug-likeness (QED) is 0.599. The average molecular weight is 248 g/mol. The van der Waals surface area contributed by atoms with E-state index in [0.29, 0.717) is 5.92 Å². The smallest absolute Gasteiger partial charge is 0.133 e. The van der Waals surface area contributed by atoms with Crippen LogP contribution in [0, 0.1) is 4.64 Å². The molecule has 2 aliphatic rings. The van der Waals surface area contributed by atoms with Gasteiger partial charge in [-0.05, 0) is 38.5 Å². The lowest BCUT2D eigenvalue weighted by molar-refractivity contribution is 0.653. The first-order valence-corrected chi connectivity index (χ1v) is 7.37. The third-order valence-electron chi connectivity index (χ3n) is 4.22. The van der Waals surface area contributed by atoms with Crippen molar-refractivity contribution < 1.29 is 0 Å².